The lowest BCUT2D eigenvalue weighted by Gasteiger charge is -2.10. The van der Waals surface area contributed by atoms with Crippen molar-refractivity contribution < 1.29 is 4.79 Å². The zero-order chi connectivity index (χ0) is 10.2. The highest BCUT2D eigenvalue weighted by molar-refractivity contribution is 5.59. The van der Waals surface area contributed by atoms with Crippen LogP contribution in [0.5, 0.6) is 0 Å². The molecule has 0 aliphatic heterocycles. The maximum Gasteiger partial charge on any atom is 0.127 e. The van der Waals surface area contributed by atoms with Gasteiger partial charge in [0.25, 0.3) is 0 Å². The minimum absolute atomic E-state index is 0.245. The summed E-state index contributed by atoms with van der Waals surface area (Å²) in [5, 5.41) is 0. The summed E-state index contributed by atoms with van der Waals surface area (Å²) >= 11 is 0. The molecule has 0 heterocycles. The number of hydrogen-bond acceptors (Lipinski definition) is 1. The van der Waals surface area contributed by atoms with Crippen molar-refractivity contribution in [1.29, 1.82) is 0 Å². The monoisotopic (exact) mass is 194 g/mol. The highest BCUT2D eigenvalue weighted by Gasteiger charge is 2.15. The Bertz CT molecular complexity index is 193. The zero-order valence-electron chi connectivity index (χ0n) is 9.30. The molecule has 1 aliphatic rings. The molecule has 0 radical (unpaired) electrons. The molecule has 14 heavy (non-hydrogen) atoms. The third-order valence-corrected chi connectivity index (χ3v) is 3.09. The Balaban J connectivity index is 2.21. The first-order valence-electron chi connectivity index (χ1n) is 6.02. The Kier molecular flexibility index (Phi) is 5.58. The Hall–Kier alpha value is -0.590. The largest absolute Gasteiger partial charge is 0.303 e. The van der Waals surface area contributed by atoms with Gasteiger partial charge in [-0.3, -0.25) is 0 Å². The van der Waals surface area contributed by atoms with E-state index in [1.54, 1.807) is 0 Å². The van der Waals surface area contributed by atoms with Crippen LogP contribution >= 0.6 is 0 Å². The maximum absolute atomic E-state index is 10.9. The number of carbonyl (C=O) groups is 1. The van der Waals surface area contributed by atoms with Crippen molar-refractivity contribution in [3.63, 3.8) is 0 Å². The fourth-order valence-electron chi connectivity index (χ4n) is 2.16. The Morgan fingerprint density at radius 1 is 1.43 bits per heavy atom. The van der Waals surface area contributed by atoms with Gasteiger partial charge in [-0.05, 0) is 25.7 Å². The average molecular weight is 194 g/mol. The van der Waals surface area contributed by atoms with Gasteiger partial charge in [-0.1, -0.05) is 44.3 Å². The SMILES string of the molecule is CCCCCC[C@H](C=O)C1=CCCC1. The van der Waals surface area contributed by atoms with Crippen molar-refractivity contribution in [2.75, 3.05) is 0 Å². The van der Waals surface area contributed by atoms with Crippen molar-refractivity contribution in [2.24, 2.45) is 5.92 Å². The summed E-state index contributed by atoms with van der Waals surface area (Å²) in [5.41, 5.74) is 1.41. The van der Waals surface area contributed by atoms with Crippen LogP contribution in [0, 0.1) is 5.92 Å². The fourth-order valence-corrected chi connectivity index (χ4v) is 2.16. The average Bonchev–Trinajstić information content (AvgIpc) is 2.71. The predicted molar refractivity (Wildman–Crippen MR) is 60.2 cm³/mol. The normalized spacial score (nSPS) is 17.9. The smallest absolute Gasteiger partial charge is 0.127 e. The summed E-state index contributed by atoms with van der Waals surface area (Å²) in [5.74, 6) is 0.245. The molecule has 0 saturated heterocycles. The van der Waals surface area contributed by atoms with Crippen LogP contribution in [0.1, 0.15) is 58.3 Å². The van der Waals surface area contributed by atoms with E-state index >= 15 is 0 Å². The van der Waals surface area contributed by atoms with E-state index in [1.807, 2.05) is 0 Å². The highest BCUT2D eigenvalue weighted by Crippen LogP contribution is 2.27. The molecule has 0 aromatic heterocycles. The van der Waals surface area contributed by atoms with Crippen LogP contribution < -0.4 is 0 Å². The lowest BCUT2D eigenvalue weighted by atomic mass is 9.94. The Morgan fingerprint density at radius 2 is 2.29 bits per heavy atom. The molecular weight excluding hydrogens is 172 g/mol. The summed E-state index contributed by atoms with van der Waals surface area (Å²) in [6.45, 7) is 2.22. The first-order chi connectivity index (χ1) is 6.88. The molecule has 1 atom stereocenters. The molecule has 0 amide bonds. The van der Waals surface area contributed by atoms with E-state index in [0.29, 0.717) is 0 Å². The van der Waals surface area contributed by atoms with Gasteiger partial charge in [0.1, 0.15) is 6.29 Å². The van der Waals surface area contributed by atoms with Crippen LogP contribution in [0.2, 0.25) is 0 Å². The van der Waals surface area contributed by atoms with Crippen molar-refractivity contribution >= 4 is 6.29 Å². The number of carbonyl (C=O) groups excluding carboxylic acids is 1. The summed E-state index contributed by atoms with van der Waals surface area (Å²) in [7, 11) is 0. The molecule has 1 heteroatoms. The van der Waals surface area contributed by atoms with E-state index in [-0.39, 0.29) is 5.92 Å². The minimum Gasteiger partial charge on any atom is -0.303 e. The van der Waals surface area contributed by atoms with Gasteiger partial charge >= 0.3 is 0 Å². The third-order valence-electron chi connectivity index (χ3n) is 3.09. The van der Waals surface area contributed by atoms with E-state index < -0.39 is 0 Å². The molecule has 80 valence electrons. The van der Waals surface area contributed by atoms with Crippen molar-refractivity contribution in [2.45, 2.75) is 58.3 Å². The van der Waals surface area contributed by atoms with Crippen LogP contribution in [0.25, 0.3) is 0 Å². The number of allylic oxidation sites excluding steroid dienone is 2. The van der Waals surface area contributed by atoms with E-state index in [4.69, 9.17) is 0 Å². The molecule has 0 unspecified atom stereocenters. The van der Waals surface area contributed by atoms with Crippen LogP contribution in [-0.4, -0.2) is 6.29 Å². The summed E-state index contributed by atoms with van der Waals surface area (Å²) in [6.07, 6.45) is 13.2. The maximum atomic E-state index is 10.9. The summed E-state index contributed by atoms with van der Waals surface area (Å²) in [6, 6.07) is 0. The Labute approximate surface area is 87.6 Å². The lowest BCUT2D eigenvalue weighted by Crippen LogP contribution is -2.04. The number of aldehydes is 1. The highest BCUT2D eigenvalue weighted by atomic mass is 16.1. The van der Waals surface area contributed by atoms with Crippen LogP contribution in [0.4, 0.5) is 0 Å². The Morgan fingerprint density at radius 3 is 2.86 bits per heavy atom. The van der Waals surface area contributed by atoms with E-state index in [9.17, 15) is 4.79 Å². The van der Waals surface area contributed by atoms with Crippen LogP contribution in [-0.2, 0) is 4.79 Å². The minimum atomic E-state index is 0.245. The van der Waals surface area contributed by atoms with Gasteiger partial charge in [-0.2, -0.15) is 0 Å². The molecule has 0 saturated carbocycles. The van der Waals surface area contributed by atoms with Crippen molar-refractivity contribution in [1.82, 2.24) is 0 Å². The molecule has 1 nitrogen and oxygen atoms in total. The molecular formula is C13H22O. The number of rotatable bonds is 7. The molecule has 0 N–H and O–H groups in total. The summed E-state index contributed by atoms with van der Waals surface area (Å²) < 4.78 is 0. The predicted octanol–water partition coefficient (Wildman–Crippen LogP) is 3.88. The van der Waals surface area contributed by atoms with Gasteiger partial charge < -0.3 is 4.79 Å². The lowest BCUT2D eigenvalue weighted by molar-refractivity contribution is -0.110. The van der Waals surface area contributed by atoms with Gasteiger partial charge in [-0.25, -0.2) is 0 Å². The van der Waals surface area contributed by atoms with E-state index in [0.717, 1.165) is 19.1 Å². The topological polar surface area (TPSA) is 17.1 Å². The fraction of sp³-hybridized carbons (Fsp3) is 0.769. The van der Waals surface area contributed by atoms with E-state index in [2.05, 4.69) is 13.0 Å². The van der Waals surface area contributed by atoms with Gasteiger partial charge in [0.15, 0.2) is 0 Å². The zero-order valence-corrected chi connectivity index (χ0v) is 9.30. The van der Waals surface area contributed by atoms with Gasteiger partial charge in [0, 0.05) is 5.92 Å². The molecule has 0 aromatic rings. The molecule has 1 aliphatic carbocycles. The van der Waals surface area contributed by atoms with Crippen LogP contribution in [0.15, 0.2) is 11.6 Å². The standard InChI is InChI=1S/C13H22O/c1-2-3-4-5-10-13(11-14)12-8-6-7-9-12/h8,11,13H,2-7,9-10H2,1H3/t13-/m1/s1. The molecule has 1 rings (SSSR count). The van der Waals surface area contributed by atoms with Gasteiger partial charge in [-0.15, -0.1) is 0 Å². The van der Waals surface area contributed by atoms with Crippen molar-refractivity contribution in [3.05, 3.63) is 11.6 Å². The first-order valence-corrected chi connectivity index (χ1v) is 6.02. The molecule has 0 spiro atoms. The van der Waals surface area contributed by atoms with E-state index in [1.165, 1.54) is 44.1 Å². The third kappa shape index (κ3) is 3.65. The van der Waals surface area contributed by atoms with Crippen LogP contribution in [0.3, 0.4) is 0 Å². The first kappa shape index (κ1) is 11.5. The van der Waals surface area contributed by atoms with Gasteiger partial charge in [0.2, 0.25) is 0 Å². The van der Waals surface area contributed by atoms with Crippen molar-refractivity contribution in [3.8, 4) is 0 Å². The molecule has 0 bridgehead atoms. The van der Waals surface area contributed by atoms with Gasteiger partial charge in [0.05, 0.1) is 0 Å². The molecule has 0 aromatic carbocycles. The molecule has 0 fully saturated rings. The second kappa shape index (κ2) is 6.80. The second-order valence-electron chi connectivity index (χ2n) is 4.26. The quantitative estimate of drug-likeness (QED) is 0.341. The number of unbranched alkanes of at least 4 members (excludes halogenated alkanes) is 3. The number of hydrogen-bond donors (Lipinski definition) is 0. The summed E-state index contributed by atoms with van der Waals surface area (Å²) in [4.78, 5) is 10.9. The second-order valence-corrected chi connectivity index (χ2v) is 4.26.